The van der Waals surface area contributed by atoms with Crippen molar-refractivity contribution >= 4 is 34.8 Å². The van der Waals surface area contributed by atoms with Crippen molar-refractivity contribution in [1.29, 1.82) is 0 Å². The number of nitrogens with one attached hydrogen (secondary N) is 1. The van der Waals surface area contributed by atoms with E-state index >= 15 is 0 Å². The van der Waals surface area contributed by atoms with Crippen LogP contribution in [0, 0.1) is 6.92 Å². The number of thioether (sulfide) groups is 1. The summed E-state index contributed by atoms with van der Waals surface area (Å²) >= 11 is 0.873. The van der Waals surface area contributed by atoms with Crippen molar-refractivity contribution in [2.24, 2.45) is 0 Å². The Morgan fingerprint density at radius 3 is 2.26 bits per heavy atom. The van der Waals surface area contributed by atoms with E-state index in [4.69, 9.17) is 0 Å². The number of carbonyl (C=O) groups excluding carboxylic acids is 3. The number of carbonyl (C=O) groups is 3. The first-order chi connectivity index (χ1) is 14.5. The van der Waals surface area contributed by atoms with Crippen LogP contribution >= 0.6 is 11.8 Å². The molecule has 0 bridgehead atoms. The van der Waals surface area contributed by atoms with Crippen LogP contribution in [0.25, 0.3) is 6.08 Å². The molecular weight excluding hydrogens is 406 g/mol. The molecule has 160 valence electrons. The Morgan fingerprint density at radius 2 is 1.65 bits per heavy atom. The van der Waals surface area contributed by atoms with Crippen molar-refractivity contribution in [1.82, 2.24) is 5.32 Å². The lowest BCUT2D eigenvalue weighted by Gasteiger charge is -2.42. The molecule has 1 aliphatic carbocycles. The van der Waals surface area contributed by atoms with Gasteiger partial charge in [0.1, 0.15) is 0 Å². The van der Waals surface area contributed by atoms with E-state index in [9.17, 15) is 14.4 Å². The zero-order chi connectivity index (χ0) is 22.6. The molecule has 1 saturated heterocycles. The molecule has 1 heterocycles. The normalized spacial score (nSPS) is 20.5. The Kier molecular flexibility index (Phi) is 5.21. The Labute approximate surface area is 187 Å². The Balaban J connectivity index is 1.74. The van der Waals surface area contributed by atoms with Crippen LogP contribution in [0.1, 0.15) is 78.7 Å². The van der Waals surface area contributed by atoms with Gasteiger partial charge >= 0.3 is 0 Å². The lowest BCUT2D eigenvalue weighted by Crippen LogP contribution is -2.34. The van der Waals surface area contributed by atoms with Crippen LogP contribution in [0.2, 0.25) is 0 Å². The molecule has 0 spiro atoms. The van der Waals surface area contributed by atoms with Crippen LogP contribution in [-0.2, 0) is 15.6 Å². The topological polar surface area (TPSA) is 63.2 Å². The molecule has 4 nitrogen and oxygen atoms in total. The van der Waals surface area contributed by atoms with Gasteiger partial charge in [-0.3, -0.25) is 19.7 Å². The van der Waals surface area contributed by atoms with Gasteiger partial charge in [-0.1, -0.05) is 52.0 Å². The van der Waals surface area contributed by atoms with Crippen LogP contribution in [-0.4, -0.2) is 16.9 Å². The number of ketones is 1. The lowest BCUT2D eigenvalue weighted by molar-refractivity contribution is -0.115. The molecule has 1 fully saturated rings. The van der Waals surface area contributed by atoms with E-state index in [0.29, 0.717) is 10.5 Å². The standard InChI is InChI=1S/C26H27NO3S/c1-15-11-19-20(26(4,5)10-9-25(19,2)3)14-18(15)22(28)17-8-6-7-16(12-17)13-21-23(29)27-24(30)31-21/h6-8,11-14H,9-10H2,1-5H3,(H,27,29,30)/b21-13-. The van der Waals surface area contributed by atoms with Gasteiger partial charge in [0, 0.05) is 11.1 Å². The average molecular weight is 434 g/mol. The lowest BCUT2D eigenvalue weighted by atomic mass is 9.62. The van der Waals surface area contributed by atoms with Crippen LogP contribution in [0.15, 0.2) is 41.3 Å². The van der Waals surface area contributed by atoms with Gasteiger partial charge in [0.15, 0.2) is 5.78 Å². The number of rotatable bonds is 3. The number of benzene rings is 2. The summed E-state index contributed by atoms with van der Waals surface area (Å²) in [4.78, 5) is 37.0. The molecule has 0 saturated carbocycles. The summed E-state index contributed by atoms with van der Waals surface area (Å²) in [7, 11) is 0. The summed E-state index contributed by atoms with van der Waals surface area (Å²) in [5.41, 5.74) is 5.71. The van der Waals surface area contributed by atoms with Crippen LogP contribution < -0.4 is 5.32 Å². The Morgan fingerprint density at radius 1 is 1.00 bits per heavy atom. The van der Waals surface area contributed by atoms with E-state index in [2.05, 4.69) is 45.1 Å². The van der Waals surface area contributed by atoms with Gasteiger partial charge in [-0.15, -0.1) is 0 Å². The molecule has 0 aromatic heterocycles. The smallest absolute Gasteiger partial charge is 0.289 e. The summed E-state index contributed by atoms with van der Waals surface area (Å²) in [5, 5.41) is 1.87. The molecule has 2 aromatic carbocycles. The predicted molar refractivity (Wildman–Crippen MR) is 125 cm³/mol. The fourth-order valence-electron chi connectivity index (χ4n) is 4.46. The summed E-state index contributed by atoms with van der Waals surface area (Å²) in [6.07, 6.45) is 3.86. The molecule has 31 heavy (non-hydrogen) atoms. The quantitative estimate of drug-likeness (QED) is 0.484. The van der Waals surface area contributed by atoms with Crippen molar-refractivity contribution in [2.75, 3.05) is 0 Å². The van der Waals surface area contributed by atoms with E-state index in [1.54, 1.807) is 24.3 Å². The largest absolute Gasteiger partial charge is 0.290 e. The molecule has 2 aliphatic rings. The molecule has 0 atom stereocenters. The fourth-order valence-corrected chi connectivity index (χ4v) is 5.15. The van der Waals surface area contributed by atoms with Gasteiger partial charge in [0.05, 0.1) is 4.91 Å². The average Bonchev–Trinajstić information content (AvgIpc) is 3.02. The highest BCUT2D eigenvalue weighted by atomic mass is 32.2. The maximum absolute atomic E-state index is 13.5. The van der Waals surface area contributed by atoms with Crippen molar-refractivity contribution in [3.63, 3.8) is 0 Å². The van der Waals surface area contributed by atoms with Gasteiger partial charge in [-0.2, -0.15) is 0 Å². The van der Waals surface area contributed by atoms with E-state index in [0.717, 1.165) is 41.3 Å². The predicted octanol–water partition coefficient (Wildman–Crippen LogP) is 5.90. The molecule has 1 aliphatic heterocycles. The third kappa shape index (κ3) is 3.99. The van der Waals surface area contributed by atoms with Gasteiger partial charge < -0.3 is 0 Å². The van der Waals surface area contributed by atoms with Crippen molar-refractivity contribution in [3.8, 4) is 0 Å². The Hall–Kier alpha value is -2.66. The van der Waals surface area contributed by atoms with Crippen LogP contribution in [0.3, 0.4) is 0 Å². The first-order valence-corrected chi connectivity index (χ1v) is 11.3. The summed E-state index contributed by atoms with van der Waals surface area (Å²) < 4.78 is 0. The van der Waals surface area contributed by atoms with Gasteiger partial charge in [-0.05, 0) is 82.8 Å². The van der Waals surface area contributed by atoms with Crippen molar-refractivity contribution in [3.05, 3.63) is 74.7 Å². The molecule has 1 N–H and O–H groups in total. The van der Waals surface area contributed by atoms with Gasteiger partial charge in [0.2, 0.25) is 0 Å². The highest BCUT2D eigenvalue weighted by Gasteiger charge is 2.38. The second-order valence-electron chi connectivity index (χ2n) is 9.79. The zero-order valence-electron chi connectivity index (χ0n) is 18.6. The van der Waals surface area contributed by atoms with Gasteiger partial charge in [0.25, 0.3) is 11.1 Å². The third-order valence-electron chi connectivity index (χ3n) is 6.53. The van der Waals surface area contributed by atoms with Crippen molar-refractivity contribution < 1.29 is 14.4 Å². The van der Waals surface area contributed by atoms with Gasteiger partial charge in [-0.25, -0.2) is 0 Å². The van der Waals surface area contributed by atoms with E-state index in [1.165, 1.54) is 11.1 Å². The highest BCUT2D eigenvalue weighted by molar-refractivity contribution is 8.18. The molecule has 0 radical (unpaired) electrons. The minimum Gasteiger partial charge on any atom is -0.289 e. The first kappa shape index (κ1) is 21.6. The summed E-state index contributed by atoms with van der Waals surface area (Å²) in [6.45, 7) is 11.1. The van der Waals surface area contributed by atoms with Crippen LogP contribution in [0.4, 0.5) is 4.79 Å². The number of aryl methyl sites for hydroxylation is 1. The molecule has 2 aromatic rings. The Bertz CT molecular complexity index is 1160. The zero-order valence-corrected chi connectivity index (χ0v) is 19.4. The molecule has 5 heteroatoms. The maximum Gasteiger partial charge on any atom is 0.290 e. The second kappa shape index (κ2) is 7.49. The first-order valence-electron chi connectivity index (χ1n) is 10.5. The van der Waals surface area contributed by atoms with Crippen molar-refractivity contribution in [2.45, 2.75) is 58.3 Å². The number of imide groups is 1. The monoisotopic (exact) mass is 433 g/mol. The van der Waals surface area contributed by atoms with E-state index in [-0.39, 0.29) is 21.9 Å². The van der Waals surface area contributed by atoms with E-state index in [1.807, 2.05) is 13.0 Å². The number of amides is 2. The van der Waals surface area contributed by atoms with E-state index < -0.39 is 5.91 Å². The highest BCUT2D eigenvalue weighted by Crippen LogP contribution is 2.46. The second-order valence-corrected chi connectivity index (χ2v) is 10.8. The minimum absolute atomic E-state index is 0.0272. The molecular formula is C26H27NO3S. The molecule has 4 rings (SSSR count). The number of fused-ring (bicyclic) bond motifs is 1. The SMILES string of the molecule is Cc1cc2c(cc1C(=O)c1cccc(/C=C3\SC(=O)NC3=O)c1)C(C)(C)CCC2(C)C. The maximum atomic E-state index is 13.5. The summed E-state index contributed by atoms with van der Waals surface area (Å²) in [5.74, 6) is -0.429. The number of hydrogen-bond acceptors (Lipinski definition) is 4. The third-order valence-corrected chi connectivity index (χ3v) is 7.34. The molecule has 0 unspecified atom stereocenters. The van der Waals surface area contributed by atoms with Crippen LogP contribution in [0.5, 0.6) is 0 Å². The summed E-state index contributed by atoms with van der Waals surface area (Å²) in [6, 6.07) is 11.5. The fraction of sp³-hybridized carbons (Fsp3) is 0.346. The molecule has 2 amide bonds. The minimum atomic E-state index is -0.401. The number of hydrogen-bond donors (Lipinski definition) is 1.